The highest BCUT2D eigenvalue weighted by atomic mass is 16.6. The molecule has 0 saturated carbocycles. The van der Waals surface area contributed by atoms with Gasteiger partial charge in [0.2, 0.25) is 0 Å². The SMILES string of the molecule is [C-]#[N+]CC(=O)N(CCN)C(=O)OCC. The lowest BCUT2D eigenvalue weighted by Crippen LogP contribution is -2.41. The van der Waals surface area contributed by atoms with Crippen LogP contribution in [0, 0.1) is 6.57 Å². The Balaban J connectivity index is 4.35. The highest BCUT2D eigenvalue weighted by Gasteiger charge is 2.23. The van der Waals surface area contributed by atoms with E-state index in [0.29, 0.717) is 0 Å². The van der Waals surface area contributed by atoms with Crippen LogP contribution in [0.2, 0.25) is 0 Å². The van der Waals surface area contributed by atoms with E-state index in [9.17, 15) is 9.59 Å². The number of rotatable bonds is 4. The minimum absolute atomic E-state index is 0.0766. The van der Waals surface area contributed by atoms with Gasteiger partial charge in [-0.1, -0.05) is 0 Å². The molecule has 0 fully saturated rings. The maximum absolute atomic E-state index is 11.2. The number of hydrogen-bond acceptors (Lipinski definition) is 4. The van der Waals surface area contributed by atoms with Crippen molar-refractivity contribution in [2.45, 2.75) is 6.92 Å². The summed E-state index contributed by atoms with van der Waals surface area (Å²) in [5.41, 5.74) is 5.22. The number of nitrogens with zero attached hydrogens (tertiary/aromatic N) is 2. The number of amides is 2. The van der Waals surface area contributed by atoms with Crippen LogP contribution in [0.1, 0.15) is 6.92 Å². The van der Waals surface area contributed by atoms with Crippen molar-refractivity contribution >= 4 is 12.0 Å². The fraction of sp³-hybridized carbons (Fsp3) is 0.625. The number of imide groups is 1. The van der Waals surface area contributed by atoms with Gasteiger partial charge in [-0.05, 0) is 6.92 Å². The lowest BCUT2D eigenvalue weighted by molar-refractivity contribution is -0.127. The first-order valence-electron chi connectivity index (χ1n) is 4.17. The average Bonchev–Trinajstić information content (AvgIpc) is 2.14. The molecular weight excluding hydrogens is 186 g/mol. The third-order valence-electron chi connectivity index (χ3n) is 1.36. The van der Waals surface area contributed by atoms with Crippen LogP contribution in [0.4, 0.5) is 4.79 Å². The van der Waals surface area contributed by atoms with Crippen LogP contribution in [0.5, 0.6) is 0 Å². The van der Waals surface area contributed by atoms with Crippen LogP contribution in [-0.4, -0.2) is 43.1 Å². The molecule has 2 N–H and O–H groups in total. The molecular formula is C8H13N3O3. The van der Waals surface area contributed by atoms with Gasteiger partial charge in [0.25, 0.3) is 6.54 Å². The van der Waals surface area contributed by atoms with E-state index < -0.39 is 12.0 Å². The maximum Gasteiger partial charge on any atom is 0.416 e. The van der Waals surface area contributed by atoms with Gasteiger partial charge in [0, 0.05) is 13.1 Å². The molecule has 2 amide bonds. The zero-order chi connectivity index (χ0) is 11.0. The second-order valence-electron chi connectivity index (χ2n) is 2.35. The smallest absolute Gasteiger partial charge is 0.416 e. The van der Waals surface area contributed by atoms with E-state index in [1.807, 2.05) is 0 Å². The minimum atomic E-state index is -0.744. The Morgan fingerprint density at radius 1 is 1.57 bits per heavy atom. The van der Waals surface area contributed by atoms with Gasteiger partial charge in [-0.15, -0.1) is 0 Å². The Kier molecular flexibility index (Phi) is 6.07. The summed E-state index contributed by atoms with van der Waals surface area (Å²) in [7, 11) is 0. The van der Waals surface area contributed by atoms with Gasteiger partial charge in [-0.25, -0.2) is 16.3 Å². The van der Waals surface area contributed by atoms with Crippen molar-refractivity contribution in [3.8, 4) is 0 Å². The molecule has 0 rings (SSSR count). The molecule has 0 aromatic carbocycles. The van der Waals surface area contributed by atoms with Gasteiger partial charge in [0.05, 0.1) is 6.61 Å². The predicted molar refractivity (Wildman–Crippen MR) is 49.3 cm³/mol. The lowest BCUT2D eigenvalue weighted by Gasteiger charge is -2.16. The molecule has 0 aliphatic carbocycles. The molecule has 6 heteroatoms. The number of nitrogens with two attached hydrogens (primary N) is 1. The van der Waals surface area contributed by atoms with Crippen LogP contribution >= 0.6 is 0 Å². The lowest BCUT2D eigenvalue weighted by atomic mass is 10.5. The first-order chi connectivity index (χ1) is 6.67. The zero-order valence-electron chi connectivity index (χ0n) is 8.02. The molecule has 6 nitrogen and oxygen atoms in total. The van der Waals surface area contributed by atoms with Crippen molar-refractivity contribution in [1.82, 2.24) is 4.90 Å². The quantitative estimate of drug-likeness (QED) is 0.639. The van der Waals surface area contributed by atoms with Crippen molar-refractivity contribution < 1.29 is 14.3 Å². The standard InChI is InChI=1S/C8H13N3O3/c1-3-14-8(13)11(5-4-9)7(12)6-10-2/h3-6,9H2,1H3. The van der Waals surface area contributed by atoms with Crippen molar-refractivity contribution in [3.63, 3.8) is 0 Å². The van der Waals surface area contributed by atoms with Gasteiger partial charge in [0.1, 0.15) is 0 Å². The van der Waals surface area contributed by atoms with E-state index in [0.717, 1.165) is 4.90 Å². The Morgan fingerprint density at radius 2 is 2.21 bits per heavy atom. The summed E-state index contributed by atoms with van der Waals surface area (Å²) in [5.74, 6) is -0.580. The third kappa shape index (κ3) is 3.87. The molecule has 0 unspecified atom stereocenters. The molecule has 0 atom stereocenters. The van der Waals surface area contributed by atoms with E-state index in [4.69, 9.17) is 12.3 Å². The zero-order valence-corrected chi connectivity index (χ0v) is 8.02. The molecule has 0 bridgehead atoms. The van der Waals surface area contributed by atoms with Crippen molar-refractivity contribution in [2.75, 3.05) is 26.2 Å². The van der Waals surface area contributed by atoms with Gasteiger partial charge >= 0.3 is 12.0 Å². The van der Waals surface area contributed by atoms with Crippen molar-refractivity contribution in [3.05, 3.63) is 11.4 Å². The van der Waals surface area contributed by atoms with Crippen LogP contribution in [0.3, 0.4) is 0 Å². The van der Waals surface area contributed by atoms with Crippen LogP contribution < -0.4 is 5.73 Å². The summed E-state index contributed by atoms with van der Waals surface area (Å²) < 4.78 is 4.63. The minimum Gasteiger partial charge on any atom is -0.449 e. The second kappa shape index (κ2) is 6.86. The Morgan fingerprint density at radius 3 is 2.64 bits per heavy atom. The predicted octanol–water partition coefficient (Wildman–Crippen LogP) is -0.151. The Bertz CT molecular complexity index is 247. The molecule has 0 aromatic heterocycles. The van der Waals surface area contributed by atoms with Crippen LogP contribution in [0.25, 0.3) is 4.85 Å². The molecule has 0 aliphatic rings. The molecule has 14 heavy (non-hydrogen) atoms. The topological polar surface area (TPSA) is 77.0 Å². The molecule has 0 heterocycles. The van der Waals surface area contributed by atoms with Gasteiger partial charge < -0.3 is 15.3 Å². The normalized spacial score (nSPS) is 8.93. The first-order valence-corrected chi connectivity index (χ1v) is 4.17. The summed E-state index contributed by atoms with van der Waals surface area (Å²) in [6.07, 6.45) is -0.744. The summed E-state index contributed by atoms with van der Waals surface area (Å²) in [6.45, 7) is 8.19. The average molecular weight is 199 g/mol. The first kappa shape index (κ1) is 12.4. The fourth-order valence-corrected chi connectivity index (χ4v) is 0.801. The molecule has 0 aromatic rings. The fourth-order valence-electron chi connectivity index (χ4n) is 0.801. The van der Waals surface area contributed by atoms with Gasteiger partial charge in [0.15, 0.2) is 0 Å². The number of ether oxygens (including phenoxy) is 1. The monoisotopic (exact) mass is 199 g/mol. The van der Waals surface area contributed by atoms with Gasteiger partial charge in [-0.3, -0.25) is 4.79 Å². The van der Waals surface area contributed by atoms with Crippen LogP contribution in [0.15, 0.2) is 0 Å². The molecule has 0 radical (unpaired) electrons. The van der Waals surface area contributed by atoms with E-state index in [2.05, 4.69) is 9.58 Å². The Labute approximate surface area is 82.4 Å². The highest BCUT2D eigenvalue weighted by molar-refractivity contribution is 5.93. The highest BCUT2D eigenvalue weighted by Crippen LogP contribution is 1.95. The maximum atomic E-state index is 11.2. The number of carbonyl (C=O) groups excluding carboxylic acids is 2. The largest absolute Gasteiger partial charge is 0.449 e. The summed E-state index contributed by atoms with van der Waals surface area (Å²) >= 11 is 0. The van der Waals surface area contributed by atoms with Crippen LogP contribution in [-0.2, 0) is 9.53 Å². The molecule has 0 saturated heterocycles. The van der Waals surface area contributed by atoms with E-state index >= 15 is 0 Å². The summed E-state index contributed by atoms with van der Waals surface area (Å²) in [5, 5.41) is 0. The number of carbonyl (C=O) groups is 2. The second-order valence-corrected chi connectivity index (χ2v) is 2.35. The van der Waals surface area contributed by atoms with E-state index in [-0.39, 0.29) is 26.2 Å². The molecule has 78 valence electrons. The Hall–Kier alpha value is -1.61. The molecule has 0 aliphatic heterocycles. The summed E-state index contributed by atoms with van der Waals surface area (Å²) in [6, 6.07) is 0. The molecule has 0 spiro atoms. The van der Waals surface area contributed by atoms with Crippen molar-refractivity contribution in [2.24, 2.45) is 5.73 Å². The van der Waals surface area contributed by atoms with Gasteiger partial charge in [-0.2, -0.15) is 0 Å². The van der Waals surface area contributed by atoms with Crippen molar-refractivity contribution in [1.29, 1.82) is 0 Å². The summed E-state index contributed by atoms with van der Waals surface area (Å²) in [4.78, 5) is 26.1. The third-order valence-corrected chi connectivity index (χ3v) is 1.36. The number of hydrogen-bond donors (Lipinski definition) is 1. The van der Waals surface area contributed by atoms with E-state index in [1.54, 1.807) is 6.92 Å². The van der Waals surface area contributed by atoms with E-state index in [1.165, 1.54) is 0 Å².